The minimum Gasteiger partial charge on any atom is -0.329 e. The summed E-state index contributed by atoms with van der Waals surface area (Å²) < 4.78 is 41.0. The standard InChI is InChI=1S/C10H8F3N3O/c11-10(12,13)9-15-8(16-17-9)7-4-2-1-3-6(7)5-14/h1-4H,5,14H2. The zero-order valence-corrected chi connectivity index (χ0v) is 8.53. The van der Waals surface area contributed by atoms with Gasteiger partial charge in [-0.2, -0.15) is 18.2 Å². The quantitative estimate of drug-likeness (QED) is 0.878. The third kappa shape index (κ3) is 2.28. The number of rotatable bonds is 2. The van der Waals surface area contributed by atoms with E-state index in [1.54, 1.807) is 24.3 Å². The molecule has 4 nitrogen and oxygen atoms in total. The highest BCUT2D eigenvalue weighted by atomic mass is 19.4. The fourth-order valence-electron chi connectivity index (χ4n) is 1.36. The SMILES string of the molecule is NCc1ccccc1-c1noc(C(F)(F)F)n1. The van der Waals surface area contributed by atoms with Crippen LogP contribution in [0.5, 0.6) is 0 Å². The molecule has 0 bridgehead atoms. The van der Waals surface area contributed by atoms with Gasteiger partial charge in [0.15, 0.2) is 0 Å². The highest BCUT2D eigenvalue weighted by Crippen LogP contribution is 2.30. The number of aromatic nitrogens is 2. The van der Waals surface area contributed by atoms with Crippen molar-refractivity contribution in [3.63, 3.8) is 0 Å². The van der Waals surface area contributed by atoms with E-state index in [9.17, 15) is 13.2 Å². The number of halogens is 3. The van der Waals surface area contributed by atoms with Crippen molar-refractivity contribution in [2.75, 3.05) is 0 Å². The number of benzene rings is 1. The van der Waals surface area contributed by atoms with Crippen LogP contribution in [0.1, 0.15) is 11.5 Å². The van der Waals surface area contributed by atoms with Crippen molar-refractivity contribution < 1.29 is 17.7 Å². The molecule has 1 aromatic heterocycles. The molecule has 2 rings (SSSR count). The van der Waals surface area contributed by atoms with Gasteiger partial charge in [-0.3, -0.25) is 0 Å². The average molecular weight is 243 g/mol. The van der Waals surface area contributed by atoms with Gasteiger partial charge >= 0.3 is 12.1 Å². The summed E-state index contributed by atoms with van der Waals surface area (Å²) in [6, 6.07) is 6.68. The normalized spacial score (nSPS) is 11.8. The van der Waals surface area contributed by atoms with Crippen molar-refractivity contribution in [3.05, 3.63) is 35.7 Å². The van der Waals surface area contributed by atoms with Gasteiger partial charge in [-0.15, -0.1) is 0 Å². The van der Waals surface area contributed by atoms with Crippen molar-refractivity contribution >= 4 is 0 Å². The Morgan fingerprint density at radius 1 is 1.24 bits per heavy atom. The molecule has 0 amide bonds. The smallest absolute Gasteiger partial charge is 0.329 e. The van der Waals surface area contributed by atoms with E-state index in [0.717, 1.165) is 0 Å². The van der Waals surface area contributed by atoms with Gasteiger partial charge in [0.2, 0.25) is 5.82 Å². The average Bonchev–Trinajstić information content (AvgIpc) is 2.77. The van der Waals surface area contributed by atoms with Gasteiger partial charge in [-0.25, -0.2) is 0 Å². The number of hydrogen-bond acceptors (Lipinski definition) is 4. The molecule has 1 aromatic carbocycles. The van der Waals surface area contributed by atoms with Crippen LogP contribution in [0.2, 0.25) is 0 Å². The Morgan fingerprint density at radius 2 is 1.94 bits per heavy atom. The van der Waals surface area contributed by atoms with Crippen molar-refractivity contribution in [2.45, 2.75) is 12.7 Å². The van der Waals surface area contributed by atoms with E-state index < -0.39 is 12.1 Å². The van der Waals surface area contributed by atoms with Crippen LogP contribution < -0.4 is 5.73 Å². The number of alkyl halides is 3. The van der Waals surface area contributed by atoms with Gasteiger partial charge in [0, 0.05) is 12.1 Å². The number of nitrogens with two attached hydrogens (primary N) is 1. The summed E-state index contributed by atoms with van der Waals surface area (Å²) in [6.45, 7) is 0.187. The van der Waals surface area contributed by atoms with Gasteiger partial charge in [0.25, 0.3) is 0 Å². The second-order valence-electron chi connectivity index (χ2n) is 3.28. The second-order valence-corrected chi connectivity index (χ2v) is 3.28. The lowest BCUT2D eigenvalue weighted by Crippen LogP contribution is -2.05. The summed E-state index contributed by atoms with van der Waals surface area (Å²) in [4.78, 5) is 3.30. The van der Waals surface area contributed by atoms with Gasteiger partial charge in [0.1, 0.15) is 0 Å². The van der Waals surface area contributed by atoms with Crippen LogP contribution in [-0.2, 0) is 12.7 Å². The first kappa shape index (κ1) is 11.6. The van der Waals surface area contributed by atoms with Gasteiger partial charge in [-0.1, -0.05) is 29.4 Å². The zero-order chi connectivity index (χ0) is 12.5. The Labute approximate surface area is 94.2 Å². The molecule has 0 spiro atoms. The predicted octanol–water partition coefficient (Wildman–Crippen LogP) is 2.21. The van der Waals surface area contributed by atoms with Crippen molar-refractivity contribution in [1.82, 2.24) is 10.1 Å². The van der Waals surface area contributed by atoms with Gasteiger partial charge in [-0.05, 0) is 5.56 Å². The summed E-state index contributed by atoms with van der Waals surface area (Å²) in [6.07, 6.45) is -4.64. The van der Waals surface area contributed by atoms with Crippen LogP contribution in [0.25, 0.3) is 11.4 Å². The largest absolute Gasteiger partial charge is 0.471 e. The van der Waals surface area contributed by atoms with Crippen LogP contribution in [0.3, 0.4) is 0 Å². The fraction of sp³-hybridized carbons (Fsp3) is 0.200. The van der Waals surface area contributed by atoms with E-state index in [-0.39, 0.29) is 12.4 Å². The van der Waals surface area contributed by atoms with E-state index in [1.165, 1.54) is 0 Å². The Balaban J connectivity index is 2.44. The molecule has 2 N–H and O–H groups in total. The van der Waals surface area contributed by atoms with Gasteiger partial charge < -0.3 is 10.3 Å². The van der Waals surface area contributed by atoms with E-state index in [1.807, 2.05) is 0 Å². The summed E-state index contributed by atoms with van der Waals surface area (Å²) in [5.41, 5.74) is 6.57. The van der Waals surface area contributed by atoms with Crippen LogP contribution >= 0.6 is 0 Å². The third-order valence-electron chi connectivity index (χ3n) is 2.15. The number of hydrogen-bond donors (Lipinski definition) is 1. The molecule has 0 aliphatic carbocycles. The Kier molecular flexibility index (Phi) is 2.84. The summed E-state index contributed by atoms with van der Waals surface area (Å²) in [7, 11) is 0. The maximum atomic E-state index is 12.3. The first-order chi connectivity index (χ1) is 8.02. The molecule has 0 atom stereocenters. The first-order valence-corrected chi connectivity index (χ1v) is 4.71. The molecule has 0 fully saturated rings. The van der Waals surface area contributed by atoms with E-state index in [4.69, 9.17) is 5.73 Å². The third-order valence-corrected chi connectivity index (χ3v) is 2.15. The molecule has 0 radical (unpaired) electrons. The molecule has 0 aliphatic heterocycles. The monoisotopic (exact) mass is 243 g/mol. The number of nitrogens with zero attached hydrogens (tertiary/aromatic N) is 2. The van der Waals surface area contributed by atoms with Gasteiger partial charge in [0.05, 0.1) is 0 Å². The van der Waals surface area contributed by atoms with E-state index in [2.05, 4.69) is 14.7 Å². The van der Waals surface area contributed by atoms with E-state index >= 15 is 0 Å². The maximum Gasteiger partial charge on any atom is 0.471 e. The summed E-state index contributed by atoms with van der Waals surface area (Å²) >= 11 is 0. The van der Waals surface area contributed by atoms with Crippen molar-refractivity contribution in [3.8, 4) is 11.4 Å². The minimum atomic E-state index is -4.64. The molecule has 0 aliphatic rings. The fourth-order valence-corrected chi connectivity index (χ4v) is 1.36. The molecule has 2 aromatic rings. The zero-order valence-electron chi connectivity index (χ0n) is 8.53. The molecule has 7 heteroatoms. The second kappa shape index (κ2) is 4.17. The molecule has 90 valence electrons. The van der Waals surface area contributed by atoms with Crippen molar-refractivity contribution in [2.24, 2.45) is 5.73 Å². The lowest BCUT2D eigenvalue weighted by molar-refractivity contribution is -0.159. The lowest BCUT2D eigenvalue weighted by atomic mass is 10.1. The molecule has 0 saturated carbocycles. The van der Waals surface area contributed by atoms with Crippen LogP contribution in [-0.4, -0.2) is 10.1 Å². The molecule has 0 unspecified atom stereocenters. The molecule has 1 heterocycles. The molecule has 0 saturated heterocycles. The topological polar surface area (TPSA) is 64.9 Å². The maximum absolute atomic E-state index is 12.3. The van der Waals surface area contributed by atoms with Crippen molar-refractivity contribution in [1.29, 1.82) is 0 Å². The highest BCUT2D eigenvalue weighted by molar-refractivity contribution is 5.59. The Morgan fingerprint density at radius 3 is 2.53 bits per heavy atom. The molecular formula is C10H8F3N3O. The predicted molar refractivity (Wildman–Crippen MR) is 52.6 cm³/mol. The Hall–Kier alpha value is -1.89. The molecular weight excluding hydrogens is 235 g/mol. The van der Waals surface area contributed by atoms with E-state index in [0.29, 0.717) is 11.1 Å². The minimum absolute atomic E-state index is 0.113. The lowest BCUT2D eigenvalue weighted by Gasteiger charge is -2.01. The highest BCUT2D eigenvalue weighted by Gasteiger charge is 2.38. The Bertz CT molecular complexity index is 522. The van der Waals surface area contributed by atoms with Crippen LogP contribution in [0, 0.1) is 0 Å². The first-order valence-electron chi connectivity index (χ1n) is 4.71. The van der Waals surface area contributed by atoms with Crippen LogP contribution in [0.4, 0.5) is 13.2 Å². The van der Waals surface area contributed by atoms with Crippen LogP contribution in [0.15, 0.2) is 28.8 Å². The summed E-state index contributed by atoms with van der Waals surface area (Å²) in [5.74, 6) is -1.47. The molecule has 17 heavy (non-hydrogen) atoms. The summed E-state index contributed by atoms with van der Waals surface area (Å²) in [5, 5.41) is 3.30.